The second kappa shape index (κ2) is 7.43. The Balaban J connectivity index is 1.83. The van der Waals surface area contributed by atoms with Crippen molar-refractivity contribution in [2.75, 3.05) is 5.32 Å². The van der Waals surface area contributed by atoms with Gasteiger partial charge in [-0.2, -0.15) is 0 Å². The molecule has 1 aliphatic rings. The first kappa shape index (κ1) is 19.9. The van der Waals surface area contributed by atoms with Gasteiger partial charge >= 0.3 is 0 Å². The van der Waals surface area contributed by atoms with Crippen LogP contribution in [0.5, 0.6) is 0 Å². The van der Waals surface area contributed by atoms with Gasteiger partial charge in [0.05, 0.1) is 10.4 Å². The third kappa shape index (κ3) is 3.87. The van der Waals surface area contributed by atoms with Crippen molar-refractivity contribution >= 4 is 45.2 Å². The van der Waals surface area contributed by atoms with Gasteiger partial charge in [-0.3, -0.25) is 9.59 Å². The van der Waals surface area contributed by atoms with E-state index in [-0.39, 0.29) is 17.0 Å². The molecule has 0 saturated heterocycles. The number of fused-ring (bicyclic) bond motifs is 1. The van der Waals surface area contributed by atoms with Gasteiger partial charge in [0.2, 0.25) is 5.78 Å². The second-order valence-corrected chi connectivity index (χ2v) is 9.77. The lowest BCUT2D eigenvalue weighted by atomic mass is 9.74. The number of hydrogen-bond acceptors (Lipinski definition) is 4. The standard InChI is InChI=1S/C24H22ClNO2S/c1-14-11-15(9-10-18(14)25)21(28)22-17-12-24(2,3)13-19(27)20(17)23(29-22)26-16-7-5-4-6-8-16/h4-11,26H,12-13H2,1-3H3. The van der Waals surface area contributed by atoms with E-state index in [1.165, 1.54) is 11.3 Å². The average molecular weight is 424 g/mol. The third-order valence-corrected chi connectivity index (χ3v) is 6.81. The number of carbonyl (C=O) groups is 2. The van der Waals surface area contributed by atoms with Crippen LogP contribution in [-0.2, 0) is 6.42 Å². The minimum absolute atomic E-state index is 0.0578. The number of Topliss-reactive ketones (excluding diaryl/α,β-unsaturated/α-hetero) is 1. The van der Waals surface area contributed by atoms with Crippen LogP contribution in [0.1, 0.15) is 57.0 Å². The Hall–Kier alpha value is -2.43. The summed E-state index contributed by atoms with van der Waals surface area (Å²) in [5.74, 6) is 0.0369. The zero-order chi connectivity index (χ0) is 20.8. The lowest BCUT2D eigenvalue weighted by molar-refractivity contribution is 0.0914. The van der Waals surface area contributed by atoms with Crippen LogP contribution in [0.25, 0.3) is 0 Å². The SMILES string of the molecule is Cc1cc(C(=O)c2sc(Nc3ccccc3)c3c2CC(C)(C)CC3=O)ccc1Cl. The van der Waals surface area contributed by atoms with Crippen LogP contribution in [0.3, 0.4) is 0 Å². The molecule has 5 heteroatoms. The number of benzene rings is 2. The Kier molecular flexibility index (Phi) is 5.09. The van der Waals surface area contributed by atoms with E-state index in [1.54, 1.807) is 12.1 Å². The summed E-state index contributed by atoms with van der Waals surface area (Å²) in [7, 11) is 0. The van der Waals surface area contributed by atoms with Crippen molar-refractivity contribution in [2.24, 2.45) is 5.41 Å². The van der Waals surface area contributed by atoms with Gasteiger partial charge in [-0.05, 0) is 60.2 Å². The van der Waals surface area contributed by atoms with Crippen molar-refractivity contribution in [1.82, 2.24) is 0 Å². The summed E-state index contributed by atoms with van der Waals surface area (Å²) in [6.45, 7) is 6.05. The predicted octanol–water partition coefficient (Wildman–Crippen LogP) is 6.84. The smallest absolute Gasteiger partial charge is 0.203 e. The summed E-state index contributed by atoms with van der Waals surface area (Å²) in [6.07, 6.45) is 1.18. The molecule has 1 heterocycles. The molecule has 0 bridgehead atoms. The van der Waals surface area contributed by atoms with Crippen molar-refractivity contribution in [3.63, 3.8) is 0 Å². The van der Waals surface area contributed by atoms with E-state index in [2.05, 4.69) is 19.2 Å². The molecule has 0 aliphatic heterocycles. The van der Waals surface area contributed by atoms with E-state index in [4.69, 9.17) is 11.6 Å². The molecule has 0 unspecified atom stereocenters. The summed E-state index contributed by atoms with van der Waals surface area (Å²) >= 11 is 7.51. The van der Waals surface area contributed by atoms with E-state index in [9.17, 15) is 9.59 Å². The molecular weight excluding hydrogens is 402 g/mol. The largest absolute Gasteiger partial charge is 0.347 e. The summed E-state index contributed by atoms with van der Waals surface area (Å²) in [6, 6.07) is 15.1. The first-order valence-corrected chi connectivity index (χ1v) is 10.8. The van der Waals surface area contributed by atoms with Crippen molar-refractivity contribution < 1.29 is 9.59 Å². The Morgan fingerprint density at radius 3 is 2.52 bits per heavy atom. The number of para-hydroxylation sites is 1. The van der Waals surface area contributed by atoms with Crippen molar-refractivity contribution in [3.05, 3.63) is 80.7 Å². The van der Waals surface area contributed by atoms with Gasteiger partial charge in [-0.15, -0.1) is 11.3 Å². The van der Waals surface area contributed by atoms with E-state index >= 15 is 0 Å². The highest BCUT2D eigenvalue weighted by atomic mass is 35.5. The summed E-state index contributed by atoms with van der Waals surface area (Å²) < 4.78 is 0. The van der Waals surface area contributed by atoms with Gasteiger partial charge in [0.15, 0.2) is 5.78 Å². The Morgan fingerprint density at radius 1 is 1.10 bits per heavy atom. The summed E-state index contributed by atoms with van der Waals surface area (Å²) in [4.78, 5) is 27.1. The maximum absolute atomic E-state index is 13.4. The normalized spacial score (nSPS) is 15.1. The molecule has 2 aromatic carbocycles. The number of halogens is 1. The highest BCUT2D eigenvalue weighted by Crippen LogP contribution is 2.45. The van der Waals surface area contributed by atoms with Gasteiger partial charge in [0.25, 0.3) is 0 Å². The first-order chi connectivity index (χ1) is 13.7. The van der Waals surface area contributed by atoms with E-state index < -0.39 is 0 Å². The summed E-state index contributed by atoms with van der Waals surface area (Å²) in [5, 5.41) is 4.75. The van der Waals surface area contributed by atoms with Gasteiger partial charge < -0.3 is 5.32 Å². The van der Waals surface area contributed by atoms with Crippen LogP contribution in [0.15, 0.2) is 48.5 Å². The zero-order valence-corrected chi connectivity index (χ0v) is 18.2. The molecule has 3 aromatic rings. The molecule has 0 radical (unpaired) electrons. The fraction of sp³-hybridized carbons (Fsp3) is 0.250. The number of thiophene rings is 1. The molecule has 3 nitrogen and oxygen atoms in total. The number of hydrogen-bond donors (Lipinski definition) is 1. The Morgan fingerprint density at radius 2 is 1.83 bits per heavy atom. The topological polar surface area (TPSA) is 46.2 Å². The lowest BCUT2D eigenvalue weighted by Crippen LogP contribution is -2.27. The molecule has 1 aliphatic carbocycles. The monoisotopic (exact) mass is 423 g/mol. The molecule has 4 rings (SSSR count). The highest BCUT2D eigenvalue weighted by molar-refractivity contribution is 7.19. The molecule has 29 heavy (non-hydrogen) atoms. The number of carbonyl (C=O) groups excluding carboxylic acids is 2. The minimum Gasteiger partial charge on any atom is -0.347 e. The zero-order valence-electron chi connectivity index (χ0n) is 16.6. The van der Waals surface area contributed by atoms with Crippen molar-refractivity contribution in [3.8, 4) is 0 Å². The fourth-order valence-corrected chi connectivity index (χ4v) is 5.17. The second-order valence-electron chi connectivity index (χ2n) is 8.34. The maximum Gasteiger partial charge on any atom is 0.203 e. The molecule has 0 fully saturated rings. The van der Waals surface area contributed by atoms with Crippen molar-refractivity contribution in [2.45, 2.75) is 33.6 Å². The molecule has 0 spiro atoms. The van der Waals surface area contributed by atoms with Crippen LogP contribution in [0.2, 0.25) is 5.02 Å². The van der Waals surface area contributed by atoms with Gasteiger partial charge in [0, 0.05) is 22.7 Å². The number of nitrogens with one attached hydrogen (secondary N) is 1. The number of ketones is 2. The van der Waals surface area contributed by atoms with Crippen molar-refractivity contribution in [1.29, 1.82) is 0 Å². The molecule has 1 aromatic heterocycles. The first-order valence-electron chi connectivity index (χ1n) is 9.57. The molecule has 1 N–H and O–H groups in total. The van der Waals surface area contributed by atoms with Crippen LogP contribution < -0.4 is 5.32 Å². The fourth-order valence-electron chi connectivity index (χ4n) is 3.83. The van der Waals surface area contributed by atoms with Gasteiger partial charge in [-0.1, -0.05) is 43.6 Å². The van der Waals surface area contributed by atoms with E-state index in [1.807, 2.05) is 43.3 Å². The molecule has 0 amide bonds. The lowest BCUT2D eigenvalue weighted by Gasteiger charge is -2.29. The maximum atomic E-state index is 13.4. The molecule has 0 saturated carbocycles. The Bertz CT molecular complexity index is 1120. The molecule has 0 atom stereocenters. The highest BCUT2D eigenvalue weighted by Gasteiger charge is 2.37. The third-order valence-electron chi connectivity index (χ3n) is 5.24. The minimum atomic E-state index is -0.167. The van der Waals surface area contributed by atoms with Gasteiger partial charge in [-0.25, -0.2) is 0 Å². The average Bonchev–Trinajstić information content (AvgIpc) is 3.01. The number of anilines is 2. The molecular formula is C24H22ClNO2S. The van der Waals surface area contributed by atoms with E-state index in [0.717, 1.165) is 21.8 Å². The van der Waals surface area contributed by atoms with Crippen LogP contribution in [0.4, 0.5) is 10.7 Å². The van der Waals surface area contributed by atoms with Crippen LogP contribution in [-0.4, -0.2) is 11.6 Å². The Labute approximate surface area is 179 Å². The van der Waals surface area contributed by atoms with E-state index in [0.29, 0.717) is 33.9 Å². The number of aryl methyl sites for hydroxylation is 1. The number of rotatable bonds is 4. The summed E-state index contributed by atoms with van der Waals surface area (Å²) in [5.41, 5.74) is 3.73. The molecule has 148 valence electrons. The quantitative estimate of drug-likeness (QED) is 0.467. The predicted molar refractivity (Wildman–Crippen MR) is 120 cm³/mol. The van der Waals surface area contributed by atoms with Crippen LogP contribution in [0, 0.1) is 12.3 Å². The van der Waals surface area contributed by atoms with Crippen LogP contribution >= 0.6 is 22.9 Å². The van der Waals surface area contributed by atoms with Gasteiger partial charge in [0.1, 0.15) is 5.00 Å².